The first kappa shape index (κ1) is 13.5. The number of carbonyl (C=O) groups excluding carboxylic acids is 1. The molecule has 100 valence electrons. The Hall–Kier alpha value is -1.97. The highest BCUT2D eigenvalue weighted by Crippen LogP contribution is 2.07. The maximum atomic E-state index is 11.9. The number of Topliss-reactive ketones (excluding diaryl/α,β-unsaturated/α-hetero) is 1. The summed E-state index contributed by atoms with van der Waals surface area (Å²) in [5.41, 5.74) is 1.95. The average molecular weight is 257 g/mol. The minimum atomic E-state index is 0.220. The lowest BCUT2D eigenvalue weighted by Gasteiger charge is -2.03. The highest BCUT2D eigenvalue weighted by molar-refractivity contribution is 5.80. The standard InChI is InChI=1S/C15H19N3O/c1-12(2)18-9-7-14(17-18)10-15(19)6-5-13-4-3-8-16-11-13/h3-4,7-9,11-12H,5-6,10H2,1-2H3. The molecule has 0 unspecified atom stereocenters. The van der Waals surface area contributed by atoms with E-state index in [0.717, 1.165) is 17.7 Å². The number of carbonyl (C=O) groups is 1. The predicted molar refractivity (Wildman–Crippen MR) is 73.9 cm³/mol. The summed E-state index contributed by atoms with van der Waals surface area (Å²) < 4.78 is 1.88. The van der Waals surface area contributed by atoms with Crippen LogP contribution in [0.3, 0.4) is 0 Å². The van der Waals surface area contributed by atoms with E-state index in [2.05, 4.69) is 23.9 Å². The van der Waals surface area contributed by atoms with Crippen LogP contribution in [0.2, 0.25) is 0 Å². The van der Waals surface area contributed by atoms with Crippen molar-refractivity contribution >= 4 is 5.78 Å². The number of nitrogens with zero attached hydrogens (tertiary/aromatic N) is 3. The van der Waals surface area contributed by atoms with Gasteiger partial charge in [0.05, 0.1) is 12.1 Å². The first-order chi connectivity index (χ1) is 9.15. The van der Waals surface area contributed by atoms with Gasteiger partial charge in [-0.05, 0) is 38.0 Å². The highest BCUT2D eigenvalue weighted by atomic mass is 16.1. The zero-order valence-electron chi connectivity index (χ0n) is 11.4. The molecule has 0 bridgehead atoms. The molecule has 0 atom stereocenters. The van der Waals surface area contributed by atoms with Gasteiger partial charge in [-0.1, -0.05) is 6.07 Å². The minimum absolute atomic E-state index is 0.220. The molecule has 0 N–H and O–H groups in total. The molecular formula is C15H19N3O. The first-order valence-corrected chi connectivity index (χ1v) is 6.60. The lowest BCUT2D eigenvalue weighted by molar-refractivity contribution is -0.118. The molecule has 0 aromatic carbocycles. The third-order valence-corrected chi connectivity index (χ3v) is 2.99. The molecule has 19 heavy (non-hydrogen) atoms. The second kappa shape index (κ2) is 6.27. The Kier molecular flexibility index (Phi) is 4.44. The molecule has 0 aliphatic carbocycles. The molecule has 0 fully saturated rings. The molecule has 0 saturated carbocycles. The van der Waals surface area contributed by atoms with Gasteiger partial charge >= 0.3 is 0 Å². The summed E-state index contributed by atoms with van der Waals surface area (Å²) in [4.78, 5) is 15.9. The molecular weight excluding hydrogens is 238 g/mol. The zero-order chi connectivity index (χ0) is 13.7. The van der Waals surface area contributed by atoms with E-state index in [-0.39, 0.29) is 5.78 Å². The van der Waals surface area contributed by atoms with E-state index in [0.29, 0.717) is 18.9 Å². The topological polar surface area (TPSA) is 47.8 Å². The third-order valence-electron chi connectivity index (χ3n) is 2.99. The van der Waals surface area contributed by atoms with Gasteiger partial charge in [-0.25, -0.2) is 0 Å². The second-order valence-corrected chi connectivity index (χ2v) is 4.96. The number of aryl methyl sites for hydroxylation is 1. The summed E-state index contributed by atoms with van der Waals surface area (Å²) in [6.07, 6.45) is 7.18. The molecule has 0 aliphatic heterocycles. The molecule has 0 radical (unpaired) electrons. The van der Waals surface area contributed by atoms with Crippen LogP contribution in [0.1, 0.15) is 37.6 Å². The molecule has 0 saturated heterocycles. The van der Waals surface area contributed by atoms with Crippen LogP contribution in [-0.2, 0) is 17.6 Å². The summed E-state index contributed by atoms with van der Waals surface area (Å²) in [6, 6.07) is 6.14. The van der Waals surface area contributed by atoms with Crippen LogP contribution < -0.4 is 0 Å². The molecule has 4 heteroatoms. The Morgan fingerprint density at radius 3 is 2.84 bits per heavy atom. The fourth-order valence-corrected chi connectivity index (χ4v) is 1.88. The van der Waals surface area contributed by atoms with Gasteiger partial charge in [0.2, 0.25) is 0 Å². The monoisotopic (exact) mass is 257 g/mol. The van der Waals surface area contributed by atoms with E-state index in [1.807, 2.05) is 29.1 Å². The van der Waals surface area contributed by atoms with Crippen LogP contribution in [0.4, 0.5) is 0 Å². The number of aromatic nitrogens is 3. The maximum Gasteiger partial charge on any atom is 0.139 e. The highest BCUT2D eigenvalue weighted by Gasteiger charge is 2.08. The molecule has 0 amide bonds. The largest absolute Gasteiger partial charge is 0.299 e. The van der Waals surface area contributed by atoms with Crippen molar-refractivity contribution in [1.82, 2.24) is 14.8 Å². The van der Waals surface area contributed by atoms with Crippen LogP contribution in [-0.4, -0.2) is 20.5 Å². The van der Waals surface area contributed by atoms with E-state index in [4.69, 9.17) is 0 Å². The van der Waals surface area contributed by atoms with E-state index < -0.39 is 0 Å². The van der Waals surface area contributed by atoms with Gasteiger partial charge in [0.1, 0.15) is 5.78 Å². The smallest absolute Gasteiger partial charge is 0.139 e. The van der Waals surface area contributed by atoms with Crippen LogP contribution in [0, 0.1) is 0 Å². The fraction of sp³-hybridized carbons (Fsp3) is 0.400. The van der Waals surface area contributed by atoms with Crippen molar-refractivity contribution in [2.45, 2.75) is 39.2 Å². The Morgan fingerprint density at radius 1 is 1.37 bits per heavy atom. The van der Waals surface area contributed by atoms with Crippen molar-refractivity contribution in [2.75, 3.05) is 0 Å². The lowest BCUT2D eigenvalue weighted by Crippen LogP contribution is -2.07. The summed E-state index contributed by atoms with van der Waals surface area (Å²) in [6.45, 7) is 4.14. The summed E-state index contributed by atoms with van der Waals surface area (Å²) in [5, 5.41) is 4.39. The van der Waals surface area contributed by atoms with E-state index in [9.17, 15) is 4.79 Å². The SMILES string of the molecule is CC(C)n1ccc(CC(=O)CCc2cccnc2)n1. The van der Waals surface area contributed by atoms with E-state index in [1.165, 1.54) is 0 Å². The van der Waals surface area contributed by atoms with E-state index >= 15 is 0 Å². The van der Waals surface area contributed by atoms with Gasteiger partial charge in [-0.15, -0.1) is 0 Å². The van der Waals surface area contributed by atoms with E-state index in [1.54, 1.807) is 12.4 Å². The van der Waals surface area contributed by atoms with Crippen molar-refractivity contribution in [3.63, 3.8) is 0 Å². The molecule has 4 nitrogen and oxygen atoms in total. The van der Waals surface area contributed by atoms with Crippen molar-refractivity contribution in [1.29, 1.82) is 0 Å². The van der Waals surface area contributed by atoms with Gasteiger partial charge in [-0.2, -0.15) is 5.10 Å². The summed E-state index contributed by atoms with van der Waals surface area (Å²) >= 11 is 0. The van der Waals surface area contributed by atoms with Crippen molar-refractivity contribution < 1.29 is 4.79 Å². The Labute approximate surface area is 113 Å². The minimum Gasteiger partial charge on any atom is -0.299 e. The maximum absolute atomic E-state index is 11.9. The molecule has 2 heterocycles. The summed E-state index contributed by atoms with van der Waals surface area (Å²) in [5.74, 6) is 0.220. The zero-order valence-corrected chi connectivity index (χ0v) is 11.4. The summed E-state index contributed by atoms with van der Waals surface area (Å²) in [7, 11) is 0. The number of ketones is 1. The number of hydrogen-bond acceptors (Lipinski definition) is 3. The van der Waals surface area contributed by atoms with Crippen LogP contribution in [0.15, 0.2) is 36.8 Å². The van der Waals surface area contributed by atoms with Gasteiger partial charge < -0.3 is 0 Å². The molecule has 0 aliphatic rings. The number of pyridine rings is 1. The number of rotatable bonds is 6. The molecule has 2 rings (SSSR count). The van der Waals surface area contributed by atoms with Crippen LogP contribution in [0.5, 0.6) is 0 Å². The Balaban J connectivity index is 1.84. The van der Waals surface area contributed by atoms with Crippen molar-refractivity contribution in [3.05, 3.63) is 48.0 Å². The van der Waals surface area contributed by atoms with Gasteiger partial charge in [-0.3, -0.25) is 14.5 Å². The molecule has 0 spiro atoms. The van der Waals surface area contributed by atoms with Gasteiger partial charge in [0.25, 0.3) is 0 Å². The normalized spacial score (nSPS) is 10.9. The van der Waals surface area contributed by atoms with Crippen molar-refractivity contribution in [3.8, 4) is 0 Å². The third kappa shape index (κ3) is 4.02. The van der Waals surface area contributed by atoms with Crippen molar-refractivity contribution in [2.24, 2.45) is 0 Å². The predicted octanol–water partition coefficient (Wildman–Crippen LogP) is 2.60. The first-order valence-electron chi connectivity index (χ1n) is 6.60. The number of hydrogen-bond donors (Lipinski definition) is 0. The van der Waals surface area contributed by atoms with Crippen LogP contribution >= 0.6 is 0 Å². The second-order valence-electron chi connectivity index (χ2n) is 4.96. The quantitative estimate of drug-likeness (QED) is 0.799. The Morgan fingerprint density at radius 2 is 2.21 bits per heavy atom. The fourth-order valence-electron chi connectivity index (χ4n) is 1.88. The molecule has 2 aromatic rings. The lowest BCUT2D eigenvalue weighted by atomic mass is 10.1. The Bertz CT molecular complexity index is 531. The molecule has 2 aromatic heterocycles. The van der Waals surface area contributed by atoms with Crippen LogP contribution in [0.25, 0.3) is 0 Å². The van der Waals surface area contributed by atoms with Gasteiger partial charge in [0, 0.05) is 31.1 Å². The average Bonchev–Trinajstić information content (AvgIpc) is 2.86. The van der Waals surface area contributed by atoms with Gasteiger partial charge in [0.15, 0.2) is 0 Å².